The van der Waals surface area contributed by atoms with E-state index >= 15 is 0 Å². The molecule has 23 heavy (non-hydrogen) atoms. The van der Waals surface area contributed by atoms with Gasteiger partial charge in [0.25, 0.3) is 0 Å². The third-order valence-electron chi connectivity index (χ3n) is 3.44. The molecule has 2 amide bonds. The number of aliphatic carboxylic acids is 1. The fourth-order valence-electron chi connectivity index (χ4n) is 2.24. The van der Waals surface area contributed by atoms with Crippen LogP contribution in [-0.2, 0) is 20.8 Å². The minimum atomic E-state index is -1.06. The van der Waals surface area contributed by atoms with Gasteiger partial charge in [-0.25, -0.2) is 4.79 Å². The molecule has 0 bridgehead atoms. The lowest BCUT2D eigenvalue weighted by Crippen LogP contribution is -2.52. The molecule has 0 aliphatic heterocycles. The van der Waals surface area contributed by atoms with Gasteiger partial charge in [-0.3, -0.25) is 9.59 Å². The monoisotopic (exact) mass is 320 g/mol. The molecule has 1 rings (SSSR count). The quantitative estimate of drug-likeness (QED) is 0.642. The summed E-state index contributed by atoms with van der Waals surface area (Å²) >= 11 is 0. The number of carbonyl (C=O) groups is 3. The lowest BCUT2D eigenvalue weighted by molar-refractivity contribution is -0.142. The first-order chi connectivity index (χ1) is 10.9. The molecule has 0 saturated heterocycles. The van der Waals surface area contributed by atoms with Gasteiger partial charge in [-0.05, 0) is 12.0 Å². The van der Waals surface area contributed by atoms with E-state index < -0.39 is 24.0 Å². The second kappa shape index (κ2) is 9.61. The Hall–Kier alpha value is -2.37. The molecule has 6 heteroatoms. The summed E-state index contributed by atoms with van der Waals surface area (Å²) in [6.07, 6.45) is 2.24. The number of amides is 2. The van der Waals surface area contributed by atoms with Gasteiger partial charge in [0.15, 0.2) is 0 Å². The van der Waals surface area contributed by atoms with Gasteiger partial charge >= 0.3 is 5.97 Å². The fraction of sp³-hybridized carbons (Fsp3) is 0.471. The van der Waals surface area contributed by atoms with E-state index in [0.717, 1.165) is 12.0 Å². The summed E-state index contributed by atoms with van der Waals surface area (Å²) in [5.74, 6) is -1.87. The SMILES string of the molecule is CCCC[C@H](NC(=O)[C@H](Cc1ccccc1)NC(C)=O)C(=O)O. The van der Waals surface area contributed by atoms with Crippen LogP contribution in [0.5, 0.6) is 0 Å². The van der Waals surface area contributed by atoms with Crippen molar-refractivity contribution in [3.05, 3.63) is 35.9 Å². The summed E-state index contributed by atoms with van der Waals surface area (Å²) in [6, 6.07) is 7.54. The molecule has 0 heterocycles. The molecule has 126 valence electrons. The highest BCUT2D eigenvalue weighted by Gasteiger charge is 2.25. The van der Waals surface area contributed by atoms with E-state index in [-0.39, 0.29) is 5.91 Å². The molecule has 0 spiro atoms. The third kappa shape index (κ3) is 6.95. The summed E-state index contributed by atoms with van der Waals surface area (Å²) in [6.45, 7) is 3.28. The molecule has 0 aliphatic carbocycles. The molecular weight excluding hydrogens is 296 g/mol. The van der Waals surface area contributed by atoms with Crippen molar-refractivity contribution in [2.24, 2.45) is 0 Å². The Morgan fingerprint density at radius 3 is 2.26 bits per heavy atom. The smallest absolute Gasteiger partial charge is 0.326 e. The maximum Gasteiger partial charge on any atom is 0.326 e. The van der Waals surface area contributed by atoms with Crippen LogP contribution < -0.4 is 10.6 Å². The van der Waals surface area contributed by atoms with Crippen molar-refractivity contribution in [3.8, 4) is 0 Å². The average molecular weight is 320 g/mol. The van der Waals surface area contributed by atoms with E-state index in [9.17, 15) is 19.5 Å². The molecule has 0 fully saturated rings. The highest BCUT2D eigenvalue weighted by Crippen LogP contribution is 2.06. The van der Waals surface area contributed by atoms with Crippen molar-refractivity contribution in [1.82, 2.24) is 10.6 Å². The normalized spacial score (nSPS) is 13.0. The number of carbonyl (C=O) groups excluding carboxylic acids is 2. The first-order valence-corrected chi connectivity index (χ1v) is 7.78. The van der Waals surface area contributed by atoms with Crippen LogP contribution in [0.25, 0.3) is 0 Å². The molecule has 3 N–H and O–H groups in total. The van der Waals surface area contributed by atoms with E-state index in [0.29, 0.717) is 19.3 Å². The number of hydrogen-bond donors (Lipinski definition) is 3. The summed E-state index contributed by atoms with van der Waals surface area (Å²) in [5, 5.41) is 14.3. The van der Waals surface area contributed by atoms with Gasteiger partial charge in [0.1, 0.15) is 12.1 Å². The molecule has 0 radical (unpaired) electrons. The zero-order valence-corrected chi connectivity index (χ0v) is 13.5. The van der Waals surface area contributed by atoms with Gasteiger partial charge in [0.2, 0.25) is 11.8 Å². The maximum atomic E-state index is 12.4. The largest absolute Gasteiger partial charge is 0.480 e. The van der Waals surface area contributed by atoms with Gasteiger partial charge in [0, 0.05) is 13.3 Å². The van der Waals surface area contributed by atoms with Crippen LogP contribution in [0, 0.1) is 0 Å². The van der Waals surface area contributed by atoms with E-state index in [1.807, 2.05) is 37.3 Å². The number of carboxylic acids is 1. The van der Waals surface area contributed by atoms with Crippen LogP contribution in [-0.4, -0.2) is 35.0 Å². The molecule has 0 saturated carbocycles. The van der Waals surface area contributed by atoms with Gasteiger partial charge < -0.3 is 15.7 Å². The molecule has 2 atom stereocenters. The zero-order chi connectivity index (χ0) is 17.2. The van der Waals surface area contributed by atoms with E-state index in [2.05, 4.69) is 10.6 Å². The van der Waals surface area contributed by atoms with Gasteiger partial charge in [0.05, 0.1) is 0 Å². The van der Waals surface area contributed by atoms with Crippen LogP contribution in [0.15, 0.2) is 30.3 Å². The van der Waals surface area contributed by atoms with Crippen molar-refractivity contribution in [3.63, 3.8) is 0 Å². The molecular formula is C17H24N2O4. The van der Waals surface area contributed by atoms with E-state index in [1.54, 1.807) is 0 Å². The standard InChI is InChI=1S/C17H24N2O4/c1-3-4-10-14(17(22)23)19-16(21)15(18-12(2)20)11-13-8-6-5-7-9-13/h5-9,14-15H,3-4,10-11H2,1-2H3,(H,18,20)(H,19,21)(H,22,23)/t14-,15-/m0/s1. The predicted molar refractivity (Wildman–Crippen MR) is 86.8 cm³/mol. The lowest BCUT2D eigenvalue weighted by atomic mass is 10.0. The van der Waals surface area contributed by atoms with Gasteiger partial charge in [-0.15, -0.1) is 0 Å². The Kier molecular flexibility index (Phi) is 7.80. The Balaban J connectivity index is 2.77. The first kappa shape index (κ1) is 18.7. The van der Waals surface area contributed by atoms with Crippen molar-refractivity contribution in [2.45, 2.75) is 51.6 Å². The molecule has 0 aromatic heterocycles. The van der Waals surface area contributed by atoms with Crippen LogP contribution in [0.1, 0.15) is 38.7 Å². The third-order valence-corrected chi connectivity index (χ3v) is 3.44. The number of rotatable bonds is 9. The van der Waals surface area contributed by atoms with Gasteiger partial charge in [-0.1, -0.05) is 50.1 Å². The minimum Gasteiger partial charge on any atom is -0.480 e. The maximum absolute atomic E-state index is 12.4. The summed E-state index contributed by atoms with van der Waals surface area (Å²) in [7, 11) is 0. The average Bonchev–Trinajstić information content (AvgIpc) is 2.50. The van der Waals surface area contributed by atoms with Crippen molar-refractivity contribution >= 4 is 17.8 Å². The van der Waals surface area contributed by atoms with Crippen LogP contribution in [0.4, 0.5) is 0 Å². The molecule has 1 aromatic rings. The first-order valence-electron chi connectivity index (χ1n) is 7.78. The van der Waals surface area contributed by atoms with Crippen molar-refractivity contribution in [2.75, 3.05) is 0 Å². The lowest BCUT2D eigenvalue weighted by Gasteiger charge is -2.21. The fourth-order valence-corrected chi connectivity index (χ4v) is 2.24. The Labute approximate surface area is 136 Å². The Morgan fingerprint density at radius 2 is 1.74 bits per heavy atom. The van der Waals surface area contributed by atoms with E-state index in [1.165, 1.54) is 6.92 Å². The number of unbranched alkanes of at least 4 members (excludes halogenated alkanes) is 1. The summed E-state index contributed by atoms with van der Waals surface area (Å²) in [5.41, 5.74) is 0.891. The van der Waals surface area contributed by atoms with Crippen molar-refractivity contribution in [1.29, 1.82) is 0 Å². The summed E-state index contributed by atoms with van der Waals surface area (Å²) < 4.78 is 0. The predicted octanol–water partition coefficient (Wildman–Crippen LogP) is 1.49. The van der Waals surface area contributed by atoms with E-state index in [4.69, 9.17) is 0 Å². The van der Waals surface area contributed by atoms with Crippen molar-refractivity contribution < 1.29 is 19.5 Å². The second-order valence-corrected chi connectivity index (χ2v) is 5.48. The number of nitrogens with one attached hydrogen (secondary N) is 2. The molecule has 1 aromatic carbocycles. The molecule has 0 aliphatic rings. The highest BCUT2D eigenvalue weighted by molar-refractivity contribution is 5.90. The second-order valence-electron chi connectivity index (χ2n) is 5.48. The van der Waals surface area contributed by atoms with Gasteiger partial charge in [-0.2, -0.15) is 0 Å². The van der Waals surface area contributed by atoms with Crippen LogP contribution in [0.2, 0.25) is 0 Å². The Bertz CT molecular complexity index is 531. The zero-order valence-electron chi connectivity index (χ0n) is 13.5. The van der Waals surface area contributed by atoms with Crippen LogP contribution in [0.3, 0.4) is 0 Å². The molecule has 0 unspecified atom stereocenters. The minimum absolute atomic E-state index is 0.312. The molecule has 6 nitrogen and oxygen atoms in total. The number of hydrogen-bond acceptors (Lipinski definition) is 3. The Morgan fingerprint density at radius 1 is 1.09 bits per heavy atom. The number of benzene rings is 1. The number of carboxylic acid groups (broad SMARTS) is 1. The highest BCUT2D eigenvalue weighted by atomic mass is 16.4. The van der Waals surface area contributed by atoms with Crippen LogP contribution >= 0.6 is 0 Å². The topological polar surface area (TPSA) is 95.5 Å². The summed E-state index contributed by atoms with van der Waals surface area (Å²) in [4.78, 5) is 34.9.